The molecule has 2 aromatic heterocycles. The highest BCUT2D eigenvalue weighted by Gasteiger charge is 2.16. The summed E-state index contributed by atoms with van der Waals surface area (Å²) in [7, 11) is 0. The molecule has 120 valence electrons. The van der Waals surface area contributed by atoms with Gasteiger partial charge in [0.25, 0.3) is 0 Å². The minimum absolute atomic E-state index is 0.0188. The molecule has 3 aromatic rings. The van der Waals surface area contributed by atoms with Gasteiger partial charge in [-0.05, 0) is 31.2 Å². The molecule has 0 saturated carbocycles. The lowest BCUT2D eigenvalue weighted by molar-refractivity contribution is 0.102. The fraction of sp³-hybridized carbons (Fsp3) is 0.176. The Labute approximate surface area is 143 Å². The summed E-state index contributed by atoms with van der Waals surface area (Å²) in [5, 5.41) is 17.8. The van der Waals surface area contributed by atoms with Crippen molar-refractivity contribution in [1.29, 1.82) is 5.26 Å². The molecule has 0 bridgehead atoms. The number of Topliss-reactive ketones (excluding diaryl/α,β-unsaturated/α-hetero) is 1. The van der Waals surface area contributed by atoms with Crippen molar-refractivity contribution in [3.05, 3.63) is 53.8 Å². The topological polar surface area (TPSA) is 84.7 Å². The van der Waals surface area contributed by atoms with Crippen molar-refractivity contribution in [3.63, 3.8) is 0 Å². The zero-order chi connectivity index (χ0) is 16.9. The summed E-state index contributed by atoms with van der Waals surface area (Å²) in [6.07, 6.45) is 1.59. The van der Waals surface area contributed by atoms with Crippen LogP contribution in [0.4, 0.5) is 0 Å². The van der Waals surface area contributed by atoms with E-state index in [1.807, 2.05) is 23.6 Å². The summed E-state index contributed by atoms with van der Waals surface area (Å²) in [5.74, 6) is 1.53. The summed E-state index contributed by atoms with van der Waals surface area (Å²) >= 11 is 1.34. The van der Waals surface area contributed by atoms with Gasteiger partial charge in [-0.2, -0.15) is 5.26 Å². The van der Waals surface area contributed by atoms with Gasteiger partial charge in [-0.25, -0.2) is 0 Å². The lowest BCUT2D eigenvalue weighted by Crippen LogP contribution is -2.05. The van der Waals surface area contributed by atoms with E-state index in [0.29, 0.717) is 34.4 Å². The van der Waals surface area contributed by atoms with Gasteiger partial charge in [0.1, 0.15) is 0 Å². The molecule has 7 heteroatoms. The Balaban J connectivity index is 1.72. The number of carbonyl (C=O) groups is 1. The van der Waals surface area contributed by atoms with Gasteiger partial charge in [0.2, 0.25) is 0 Å². The largest absolute Gasteiger partial charge is 0.461 e. The maximum atomic E-state index is 12.3. The summed E-state index contributed by atoms with van der Waals surface area (Å²) < 4.78 is 7.28. The van der Waals surface area contributed by atoms with Gasteiger partial charge in [-0.3, -0.25) is 9.36 Å². The van der Waals surface area contributed by atoms with Crippen LogP contribution in [0.25, 0.3) is 11.6 Å². The molecule has 0 unspecified atom stereocenters. The van der Waals surface area contributed by atoms with E-state index in [1.54, 1.807) is 36.6 Å². The van der Waals surface area contributed by atoms with E-state index < -0.39 is 0 Å². The van der Waals surface area contributed by atoms with Gasteiger partial charge in [-0.15, -0.1) is 10.2 Å². The number of nitrogens with zero attached hydrogens (tertiary/aromatic N) is 4. The highest BCUT2D eigenvalue weighted by molar-refractivity contribution is 7.99. The molecule has 1 aromatic carbocycles. The molecule has 0 aliphatic carbocycles. The molecule has 2 heterocycles. The second kappa shape index (κ2) is 7.15. The maximum Gasteiger partial charge on any atom is 0.200 e. The van der Waals surface area contributed by atoms with Gasteiger partial charge >= 0.3 is 0 Å². The van der Waals surface area contributed by atoms with Gasteiger partial charge in [0.15, 0.2) is 22.5 Å². The molecular formula is C17H14N4O2S. The third kappa shape index (κ3) is 3.24. The number of ketones is 1. The second-order valence-corrected chi connectivity index (χ2v) is 5.87. The fourth-order valence-corrected chi connectivity index (χ4v) is 3.11. The number of thioether (sulfide) groups is 1. The normalized spacial score (nSPS) is 10.5. The summed E-state index contributed by atoms with van der Waals surface area (Å²) in [5.41, 5.74) is 1.11. The Morgan fingerprint density at radius 3 is 2.71 bits per heavy atom. The van der Waals surface area contributed by atoms with E-state index in [2.05, 4.69) is 10.2 Å². The van der Waals surface area contributed by atoms with Gasteiger partial charge in [-0.1, -0.05) is 23.9 Å². The number of furan rings is 1. The monoisotopic (exact) mass is 338 g/mol. The third-order valence-electron chi connectivity index (χ3n) is 3.44. The first-order chi connectivity index (χ1) is 11.7. The molecule has 0 aliphatic rings. The van der Waals surface area contributed by atoms with Crippen LogP contribution in [0.2, 0.25) is 0 Å². The van der Waals surface area contributed by atoms with Crippen LogP contribution in [0.15, 0.2) is 52.2 Å². The van der Waals surface area contributed by atoms with Crippen LogP contribution in [0.1, 0.15) is 22.8 Å². The summed E-state index contributed by atoms with van der Waals surface area (Å²) in [6.45, 7) is 2.67. The van der Waals surface area contributed by atoms with E-state index in [1.165, 1.54) is 11.8 Å². The van der Waals surface area contributed by atoms with Crippen molar-refractivity contribution in [2.45, 2.75) is 18.6 Å². The van der Waals surface area contributed by atoms with Crippen molar-refractivity contribution in [2.24, 2.45) is 0 Å². The van der Waals surface area contributed by atoms with E-state index in [0.717, 1.165) is 0 Å². The molecular weight excluding hydrogens is 324 g/mol. The molecule has 0 fully saturated rings. The van der Waals surface area contributed by atoms with Crippen LogP contribution in [-0.4, -0.2) is 26.3 Å². The Morgan fingerprint density at radius 2 is 2.08 bits per heavy atom. The first-order valence-corrected chi connectivity index (χ1v) is 8.34. The standard InChI is InChI=1S/C17H14N4O2S/c1-2-21-16(15-4-3-9-23-15)19-20-17(21)24-11-14(22)13-7-5-12(10-18)6-8-13/h3-9H,2,11H2,1H3. The lowest BCUT2D eigenvalue weighted by Gasteiger charge is -2.05. The first-order valence-electron chi connectivity index (χ1n) is 7.36. The van der Waals surface area contributed by atoms with Crippen molar-refractivity contribution < 1.29 is 9.21 Å². The van der Waals surface area contributed by atoms with Crippen LogP contribution in [-0.2, 0) is 6.54 Å². The van der Waals surface area contributed by atoms with Gasteiger partial charge < -0.3 is 4.42 Å². The van der Waals surface area contributed by atoms with Gasteiger partial charge in [0.05, 0.1) is 23.6 Å². The van der Waals surface area contributed by atoms with Crippen LogP contribution in [0.3, 0.4) is 0 Å². The summed E-state index contributed by atoms with van der Waals surface area (Å²) in [4.78, 5) is 12.3. The fourth-order valence-electron chi connectivity index (χ4n) is 2.21. The number of benzene rings is 1. The Kier molecular flexibility index (Phi) is 4.77. The van der Waals surface area contributed by atoms with E-state index >= 15 is 0 Å². The highest BCUT2D eigenvalue weighted by Crippen LogP contribution is 2.24. The van der Waals surface area contributed by atoms with Crippen molar-refractivity contribution >= 4 is 17.5 Å². The van der Waals surface area contributed by atoms with Crippen LogP contribution < -0.4 is 0 Å². The quantitative estimate of drug-likeness (QED) is 0.506. The molecule has 0 atom stereocenters. The number of carbonyl (C=O) groups excluding carboxylic acids is 1. The molecule has 0 N–H and O–H groups in total. The van der Waals surface area contributed by atoms with Crippen LogP contribution in [0, 0.1) is 11.3 Å². The predicted octanol–water partition coefficient (Wildman–Crippen LogP) is 3.40. The minimum atomic E-state index is -0.0188. The minimum Gasteiger partial charge on any atom is -0.461 e. The molecule has 0 amide bonds. The Bertz CT molecular complexity index is 876. The molecule has 24 heavy (non-hydrogen) atoms. The van der Waals surface area contributed by atoms with Crippen molar-refractivity contribution in [3.8, 4) is 17.7 Å². The van der Waals surface area contributed by atoms with Gasteiger partial charge in [0, 0.05) is 12.1 Å². The zero-order valence-corrected chi connectivity index (χ0v) is 13.8. The summed E-state index contributed by atoms with van der Waals surface area (Å²) in [6, 6.07) is 12.3. The zero-order valence-electron chi connectivity index (χ0n) is 13.0. The second-order valence-electron chi connectivity index (χ2n) is 4.93. The van der Waals surface area contributed by atoms with Crippen LogP contribution >= 0.6 is 11.8 Å². The smallest absolute Gasteiger partial charge is 0.200 e. The molecule has 0 aliphatic heterocycles. The van der Waals surface area contributed by atoms with E-state index in [9.17, 15) is 4.79 Å². The number of aromatic nitrogens is 3. The van der Waals surface area contributed by atoms with Crippen molar-refractivity contribution in [1.82, 2.24) is 14.8 Å². The molecule has 0 spiro atoms. The average molecular weight is 338 g/mol. The first kappa shape index (κ1) is 16.0. The van der Waals surface area contributed by atoms with E-state index in [-0.39, 0.29) is 11.5 Å². The molecule has 6 nitrogen and oxygen atoms in total. The van der Waals surface area contributed by atoms with E-state index in [4.69, 9.17) is 9.68 Å². The SMILES string of the molecule is CCn1c(SCC(=O)c2ccc(C#N)cc2)nnc1-c1ccco1. The lowest BCUT2D eigenvalue weighted by atomic mass is 10.1. The Hall–Kier alpha value is -2.85. The molecule has 0 saturated heterocycles. The third-order valence-corrected chi connectivity index (χ3v) is 4.41. The average Bonchev–Trinajstić information content (AvgIpc) is 3.28. The predicted molar refractivity (Wildman–Crippen MR) is 89.6 cm³/mol. The Morgan fingerprint density at radius 1 is 1.29 bits per heavy atom. The highest BCUT2D eigenvalue weighted by atomic mass is 32.2. The number of rotatable bonds is 6. The number of hydrogen-bond donors (Lipinski definition) is 0. The number of nitriles is 1. The molecule has 3 rings (SSSR count). The van der Waals surface area contributed by atoms with Crippen LogP contribution in [0.5, 0.6) is 0 Å². The number of hydrogen-bond acceptors (Lipinski definition) is 6. The molecule has 0 radical (unpaired) electrons. The maximum absolute atomic E-state index is 12.3. The van der Waals surface area contributed by atoms with Crippen molar-refractivity contribution in [2.75, 3.05) is 5.75 Å².